The number of hydrogen-bond donors (Lipinski definition) is 1. The fraction of sp³-hybridized carbons (Fsp3) is 0.364. The first-order valence-electron chi connectivity index (χ1n) is 9.31. The zero-order chi connectivity index (χ0) is 20.6. The van der Waals surface area contributed by atoms with Crippen LogP contribution in [0.25, 0.3) is 0 Å². The number of ketones is 1. The van der Waals surface area contributed by atoms with Crippen LogP contribution < -0.4 is 15.2 Å². The predicted molar refractivity (Wildman–Crippen MR) is 108 cm³/mol. The molecule has 0 aliphatic carbocycles. The number of carboxylic acids is 1. The highest BCUT2D eigenvalue weighted by Crippen LogP contribution is 2.20. The molecule has 5 nitrogen and oxygen atoms in total. The zero-order valence-electron chi connectivity index (χ0n) is 16.2. The molecule has 0 spiro atoms. The standard InChI is InChI=1S/C17H15ClO4.C5H11N/c1-17(2,16(20)21)22-14-9-5-12(6-10-14)15(19)11-3-7-13(18)8-4-11;1-2-4-6-5-3-1/h3-10H,1-2H3,(H,20,21);6H,1-5H2/p-1. The Hall–Kier alpha value is -2.37. The van der Waals surface area contributed by atoms with Crippen molar-refractivity contribution in [1.29, 1.82) is 0 Å². The third-order valence-electron chi connectivity index (χ3n) is 4.29. The summed E-state index contributed by atoms with van der Waals surface area (Å²) in [7, 11) is 0. The predicted octanol–water partition coefficient (Wildman–Crippen LogP) is 3.24. The Bertz CT molecular complexity index is 770. The summed E-state index contributed by atoms with van der Waals surface area (Å²) in [5, 5.41) is 14.8. The number of nitrogens with one attached hydrogen (secondary N) is 1. The average molecular weight is 403 g/mol. The van der Waals surface area contributed by atoms with Crippen molar-refractivity contribution < 1.29 is 19.4 Å². The molecule has 2 aromatic carbocycles. The fourth-order valence-corrected chi connectivity index (χ4v) is 2.71. The van der Waals surface area contributed by atoms with Crippen LogP contribution in [0.4, 0.5) is 0 Å². The van der Waals surface area contributed by atoms with Crippen molar-refractivity contribution in [2.45, 2.75) is 38.7 Å². The summed E-state index contributed by atoms with van der Waals surface area (Å²) in [6.45, 7) is 5.30. The molecular weight excluding hydrogens is 378 g/mol. The van der Waals surface area contributed by atoms with Crippen molar-refractivity contribution >= 4 is 23.4 Å². The molecule has 1 fully saturated rings. The van der Waals surface area contributed by atoms with E-state index in [1.54, 1.807) is 48.5 Å². The molecule has 0 radical (unpaired) electrons. The smallest absolute Gasteiger partial charge is 0.193 e. The van der Waals surface area contributed by atoms with E-state index >= 15 is 0 Å². The highest BCUT2D eigenvalue weighted by Gasteiger charge is 2.21. The fourth-order valence-electron chi connectivity index (χ4n) is 2.58. The van der Waals surface area contributed by atoms with Gasteiger partial charge in [0.15, 0.2) is 5.78 Å². The molecule has 6 heteroatoms. The maximum atomic E-state index is 12.3. The van der Waals surface area contributed by atoms with Gasteiger partial charge >= 0.3 is 0 Å². The number of carbonyl (C=O) groups excluding carboxylic acids is 2. The van der Waals surface area contributed by atoms with E-state index in [1.807, 2.05) is 0 Å². The Morgan fingerprint density at radius 3 is 1.82 bits per heavy atom. The molecule has 3 rings (SSSR count). The van der Waals surface area contributed by atoms with Crippen molar-refractivity contribution in [3.63, 3.8) is 0 Å². The summed E-state index contributed by atoms with van der Waals surface area (Å²) in [6, 6.07) is 12.9. The summed E-state index contributed by atoms with van der Waals surface area (Å²) in [5.41, 5.74) is -0.448. The number of piperidine rings is 1. The summed E-state index contributed by atoms with van der Waals surface area (Å²) < 4.78 is 5.33. The second-order valence-corrected chi connectivity index (χ2v) is 7.51. The zero-order valence-corrected chi connectivity index (χ0v) is 16.9. The lowest BCUT2D eigenvalue weighted by Gasteiger charge is -2.27. The van der Waals surface area contributed by atoms with Crippen LogP contribution in [0, 0.1) is 0 Å². The highest BCUT2D eigenvalue weighted by molar-refractivity contribution is 6.30. The van der Waals surface area contributed by atoms with E-state index in [4.69, 9.17) is 16.3 Å². The number of hydrogen-bond acceptors (Lipinski definition) is 5. The van der Waals surface area contributed by atoms with Crippen LogP contribution >= 0.6 is 11.6 Å². The molecular formula is C22H25ClNO4-. The Balaban J connectivity index is 0.000000397. The van der Waals surface area contributed by atoms with Gasteiger partial charge in [0, 0.05) is 16.1 Å². The van der Waals surface area contributed by atoms with Gasteiger partial charge in [0.25, 0.3) is 0 Å². The second-order valence-electron chi connectivity index (χ2n) is 7.07. The van der Waals surface area contributed by atoms with Gasteiger partial charge in [-0.2, -0.15) is 0 Å². The maximum absolute atomic E-state index is 12.3. The van der Waals surface area contributed by atoms with Crippen LogP contribution in [0.5, 0.6) is 5.75 Å². The molecule has 0 aromatic heterocycles. The molecule has 28 heavy (non-hydrogen) atoms. The number of carboxylic acid groups (broad SMARTS) is 1. The number of benzene rings is 2. The van der Waals surface area contributed by atoms with E-state index in [1.165, 1.54) is 46.2 Å². The van der Waals surface area contributed by atoms with Gasteiger partial charge in [0.1, 0.15) is 11.4 Å². The Kier molecular flexibility index (Phi) is 8.03. The third-order valence-corrected chi connectivity index (χ3v) is 4.55. The molecule has 1 aliphatic rings. The number of halogens is 1. The van der Waals surface area contributed by atoms with Crippen LogP contribution in [0.3, 0.4) is 0 Å². The molecule has 1 heterocycles. The Morgan fingerprint density at radius 1 is 0.929 bits per heavy atom. The van der Waals surface area contributed by atoms with Crippen molar-refractivity contribution in [2.24, 2.45) is 0 Å². The van der Waals surface area contributed by atoms with Crippen LogP contribution in [-0.4, -0.2) is 30.4 Å². The largest absolute Gasteiger partial charge is 0.546 e. The third kappa shape index (κ3) is 6.66. The lowest BCUT2D eigenvalue weighted by molar-refractivity contribution is -0.320. The molecule has 1 aliphatic heterocycles. The first kappa shape index (κ1) is 21.9. The van der Waals surface area contributed by atoms with E-state index in [0.717, 1.165) is 0 Å². The second kappa shape index (κ2) is 10.2. The van der Waals surface area contributed by atoms with E-state index in [9.17, 15) is 14.7 Å². The lowest BCUT2D eigenvalue weighted by atomic mass is 10.0. The highest BCUT2D eigenvalue weighted by atomic mass is 35.5. The molecule has 1 N–H and O–H groups in total. The molecule has 0 atom stereocenters. The van der Waals surface area contributed by atoms with E-state index in [2.05, 4.69) is 5.32 Å². The SMILES string of the molecule is C1CCNCC1.CC(C)(Oc1ccc(C(=O)c2ccc(Cl)cc2)cc1)C(=O)[O-]. The van der Waals surface area contributed by atoms with E-state index in [0.29, 0.717) is 21.9 Å². The first-order valence-corrected chi connectivity index (χ1v) is 9.69. The summed E-state index contributed by atoms with van der Waals surface area (Å²) >= 11 is 5.79. The number of aliphatic carboxylic acids is 1. The van der Waals surface area contributed by atoms with Gasteiger partial charge in [-0.25, -0.2) is 0 Å². The lowest BCUT2D eigenvalue weighted by Crippen LogP contribution is -2.47. The van der Waals surface area contributed by atoms with Crippen molar-refractivity contribution in [3.8, 4) is 5.75 Å². The minimum atomic E-state index is -1.44. The normalized spacial score (nSPS) is 13.8. The molecule has 1 saturated heterocycles. The molecule has 0 bridgehead atoms. The van der Waals surface area contributed by atoms with Crippen LogP contribution in [0.1, 0.15) is 49.0 Å². The number of carbonyl (C=O) groups is 2. The van der Waals surface area contributed by atoms with Crippen molar-refractivity contribution in [2.75, 3.05) is 13.1 Å². The number of rotatable bonds is 5. The van der Waals surface area contributed by atoms with Crippen LogP contribution in [0.2, 0.25) is 5.02 Å². The summed E-state index contributed by atoms with van der Waals surface area (Å²) in [4.78, 5) is 23.2. The Morgan fingerprint density at radius 2 is 1.43 bits per heavy atom. The minimum absolute atomic E-state index is 0.151. The van der Waals surface area contributed by atoms with Crippen LogP contribution in [-0.2, 0) is 4.79 Å². The van der Waals surface area contributed by atoms with Gasteiger partial charge in [-0.05, 0) is 88.3 Å². The topological polar surface area (TPSA) is 78.5 Å². The van der Waals surface area contributed by atoms with Gasteiger partial charge in [-0.1, -0.05) is 18.0 Å². The van der Waals surface area contributed by atoms with Gasteiger partial charge in [0.05, 0.1) is 5.97 Å². The quantitative estimate of drug-likeness (QED) is 0.777. The van der Waals surface area contributed by atoms with E-state index in [-0.39, 0.29) is 5.78 Å². The van der Waals surface area contributed by atoms with Gasteiger partial charge in [0.2, 0.25) is 0 Å². The molecule has 0 unspecified atom stereocenters. The van der Waals surface area contributed by atoms with Gasteiger partial charge in [-0.15, -0.1) is 0 Å². The molecule has 0 saturated carbocycles. The van der Waals surface area contributed by atoms with Gasteiger partial charge in [-0.3, -0.25) is 4.79 Å². The summed E-state index contributed by atoms with van der Waals surface area (Å²) in [5.74, 6) is -1.11. The summed E-state index contributed by atoms with van der Waals surface area (Å²) in [6.07, 6.45) is 4.22. The van der Waals surface area contributed by atoms with Gasteiger partial charge < -0.3 is 20.0 Å². The Labute approximate surface area is 170 Å². The molecule has 150 valence electrons. The first-order chi connectivity index (χ1) is 13.3. The molecule has 2 aromatic rings. The maximum Gasteiger partial charge on any atom is 0.193 e. The van der Waals surface area contributed by atoms with E-state index < -0.39 is 11.6 Å². The van der Waals surface area contributed by atoms with Crippen LogP contribution in [0.15, 0.2) is 48.5 Å². The van der Waals surface area contributed by atoms with Crippen molar-refractivity contribution in [1.82, 2.24) is 5.32 Å². The monoisotopic (exact) mass is 402 g/mol. The molecule has 0 amide bonds. The minimum Gasteiger partial charge on any atom is -0.546 e. The number of ether oxygens (including phenoxy) is 1. The van der Waals surface area contributed by atoms with Crippen molar-refractivity contribution in [3.05, 3.63) is 64.7 Å². The average Bonchev–Trinajstić information content (AvgIpc) is 2.70.